The van der Waals surface area contributed by atoms with Gasteiger partial charge in [-0.2, -0.15) is 0 Å². The molecule has 1 atom stereocenters. The van der Waals surface area contributed by atoms with Crippen LogP contribution in [-0.2, 0) is 4.79 Å². The summed E-state index contributed by atoms with van der Waals surface area (Å²) in [6.07, 6.45) is 4.48. The molecule has 0 radical (unpaired) electrons. The summed E-state index contributed by atoms with van der Waals surface area (Å²) in [5.74, 6) is 0.148. The van der Waals surface area contributed by atoms with Crippen LogP contribution in [0.25, 0.3) is 0 Å². The largest absolute Gasteiger partial charge is 0.320 e. The van der Waals surface area contributed by atoms with Crippen molar-refractivity contribution < 1.29 is 4.79 Å². The third-order valence-electron chi connectivity index (χ3n) is 1.23. The molecule has 1 heterocycles. The van der Waals surface area contributed by atoms with Gasteiger partial charge in [-0.25, -0.2) is 4.98 Å². The van der Waals surface area contributed by atoms with E-state index >= 15 is 0 Å². The highest BCUT2D eigenvalue weighted by Crippen LogP contribution is 1.96. The third-order valence-corrected chi connectivity index (χ3v) is 1.23. The molecule has 1 aromatic rings. The van der Waals surface area contributed by atoms with Gasteiger partial charge in [0.15, 0.2) is 5.82 Å². The number of amides is 1. The minimum atomic E-state index is -0.535. The van der Waals surface area contributed by atoms with Gasteiger partial charge in [-0.1, -0.05) is 0 Å². The first-order valence-electron chi connectivity index (χ1n) is 3.52. The number of halogens is 1. The van der Waals surface area contributed by atoms with Gasteiger partial charge in [0.25, 0.3) is 0 Å². The molecule has 0 aliphatic heterocycles. The molecular weight excluding hydrogens is 192 g/mol. The molecule has 72 valence electrons. The number of nitrogens with one attached hydrogen (secondary N) is 1. The Balaban J connectivity index is 0.00000144. The minimum Gasteiger partial charge on any atom is -0.320 e. The molecule has 1 rings (SSSR count). The van der Waals surface area contributed by atoms with E-state index in [1.165, 1.54) is 18.6 Å². The maximum absolute atomic E-state index is 11.0. The number of aromatic nitrogens is 2. The molecule has 13 heavy (non-hydrogen) atoms. The summed E-state index contributed by atoms with van der Waals surface area (Å²) < 4.78 is 0. The second-order valence-corrected chi connectivity index (χ2v) is 2.37. The molecule has 0 saturated heterocycles. The van der Waals surface area contributed by atoms with Crippen molar-refractivity contribution in [3.63, 3.8) is 0 Å². The van der Waals surface area contributed by atoms with Crippen molar-refractivity contribution >= 4 is 24.1 Å². The Morgan fingerprint density at radius 2 is 2.31 bits per heavy atom. The summed E-state index contributed by atoms with van der Waals surface area (Å²) in [5.41, 5.74) is 5.32. The number of carbonyl (C=O) groups is 1. The Morgan fingerprint density at radius 3 is 2.77 bits per heavy atom. The number of hydrogen-bond donors (Lipinski definition) is 2. The van der Waals surface area contributed by atoms with E-state index in [0.29, 0.717) is 5.82 Å². The average molecular weight is 203 g/mol. The maximum Gasteiger partial charge on any atom is 0.242 e. The predicted octanol–water partition coefficient (Wildman–Crippen LogP) is 0.184. The van der Waals surface area contributed by atoms with Crippen LogP contribution in [-0.4, -0.2) is 21.9 Å². The summed E-state index contributed by atoms with van der Waals surface area (Å²) in [7, 11) is 0. The zero-order chi connectivity index (χ0) is 8.97. The van der Waals surface area contributed by atoms with Crippen LogP contribution in [0.4, 0.5) is 5.82 Å². The first-order chi connectivity index (χ1) is 5.70. The van der Waals surface area contributed by atoms with Crippen molar-refractivity contribution in [2.75, 3.05) is 5.32 Å². The fourth-order valence-electron chi connectivity index (χ4n) is 0.604. The molecule has 0 spiro atoms. The molecular formula is C7H11ClN4O. The lowest BCUT2D eigenvalue weighted by molar-refractivity contribution is -0.117. The highest BCUT2D eigenvalue weighted by Gasteiger charge is 2.06. The van der Waals surface area contributed by atoms with Gasteiger partial charge >= 0.3 is 0 Å². The monoisotopic (exact) mass is 202 g/mol. The van der Waals surface area contributed by atoms with Crippen LogP contribution in [0, 0.1) is 0 Å². The first kappa shape index (κ1) is 11.8. The number of anilines is 1. The third kappa shape index (κ3) is 3.82. The molecule has 0 fully saturated rings. The summed E-state index contributed by atoms with van der Waals surface area (Å²) in [6, 6.07) is -0.535. The maximum atomic E-state index is 11.0. The molecule has 6 heteroatoms. The number of rotatable bonds is 2. The SMILES string of the molecule is CC(N)C(=O)Nc1cnccn1.Cl. The van der Waals surface area contributed by atoms with Crippen molar-refractivity contribution in [3.05, 3.63) is 18.6 Å². The van der Waals surface area contributed by atoms with E-state index in [2.05, 4.69) is 15.3 Å². The van der Waals surface area contributed by atoms with Gasteiger partial charge in [0, 0.05) is 12.4 Å². The molecule has 3 N–H and O–H groups in total. The Hall–Kier alpha value is -1.20. The van der Waals surface area contributed by atoms with E-state index < -0.39 is 6.04 Å². The van der Waals surface area contributed by atoms with Crippen molar-refractivity contribution in [2.24, 2.45) is 5.73 Å². The Labute approximate surface area is 82.2 Å². The minimum absolute atomic E-state index is 0. The average Bonchev–Trinajstić information content (AvgIpc) is 2.06. The van der Waals surface area contributed by atoms with E-state index in [1.54, 1.807) is 6.92 Å². The number of nitrogens with two attached hydrogens (primary N) is 1. The molecule has 1 aromatic heterocycles. The Bertz CT molecular complexity index is 264. The number of hydrogen-bond acceptors (Lipinski definition) is 4. The second-order valence-electron chi connectivity index (χ2n) is 2.37. The van der Waals surface area contributed by atoms with E-state index in [9.17, 15) is 4.79 Å². The lowest BCUT2D eigenvalue weighted by atomic mass is 10.3. The molecule has 0 aliphatic rings. The van der Waals surface area contributed by atoms with Crippen LogP contribution in [0.15, 0.2) is 18.6 Å². The normalized spacial score (nSPS) is 11.2. The fourth-order valence-corrected chi connectivity index (χ4v) is 0.604. The van der Waals surface area contributed by atoms with Gasteiger partial charge < -0.3 is 11.1 Å². The van der Waals surface area contributed by atoms with Crippen LogP contribution in [0.5, 0.6) is 0 Å². The Kier molecular flexibility index (Phi) is 4.94. The zero-order valence-electron chi connectivity index (χ0n) is 7.10. The number of carbonyl (C=O) groups excluding carboxylic acids is 1. The quantitative estimate of drug-likeness (QED) is 0.717. The molecule has 0 aliphatic carbocycles. The van der Waals surface area contributed by atoms with Crippen LogP contribution in [0.2, 0.25) is 0 Å². The first-order valence-corrected chi connectivity index (χ1v) is 3.52. The van der Waals surface area contributed by atoms with Crippen molar-refractivity contribution in [1.82, 2.24) is 9.97 Å². The predicted molar refractivity (Wildman–Crippen MR) is 51.6 cm³/mol. The summed E-state index contributed by atoms with van der Waals surface area (Å²) in [5, 5.41) is 2.50. The second kappa shape index (κ2) is 5.45. The van der Waals surface area contributed by atoms with Gasteiger partial charge in [0.1, 0.15) is 0 Å². The highest BCUT2D eigenvalue weighted by atomic mass is 35.5. The van der Waals surface area contributed by atoms with Gasteiger partial charge in [-0.3, -0.25) is 9.78 Å². The molecule has 0 saturated carbocycles. The van der Waals surface area contributed by atoms with Crippen molar-refractivity contribution in [1.29, 1.82) is 0 Å². The number of nitrogens with zero attached hydrogens (tertiary/aromatic N) is 2. The molecule has 0 bridgehead atoms. The van der Waals surface area contributed by atoms with Gasteiger partial charge in [-0.15, -0.1) is 12.4 Å². The van der Waals surface area contributed by atoms with Crippen LogP contribution < -0.4 is 11.1 Å². The van der Waals surface area contributed by atoms with Gasteiger partial charge in [0.05, 0.1) is 12.2 Å². The van der Waals surface area contributed by atoms with E-state index in [4.69, 9.17) is 5.73 Å². The van der Waals surface area contributed by atoms with Crippen LogP contribution >= 0.6 is 12.4 Å². The highest BCUT2D eigenvalue weighted by molar-refractivity contribution is 5.93. The van der Waals surface area contributed by atoms with E-state index in [-0.39, 0.29) is 18.3 Å². The summed E-state index contributed by atoms with van der Waals surface area (Å²) in [6.45, 7) is 1.60. The van der Waals surface area contributed by atoms with E-state index in [1.807, 2.05) is 0 Å². The van der Waals surface area contributed by atoms with Gasteiger partial charge in [-0.05, 0) is 6.92 Å². The zero-order valence-corrected chi connectivity index (χ0v) is 7.91. The smallest absolute Gasteiger partial charge is 0.242 e. The molecule has 0 aromatic carbocycles. The summed E-state index contributed by atoms with van der Waals surface area (Å²) >= 11 is 0. The topological polar surface area (TPSA) is 80.9 Å². The standard InChI is InChI=1S/C7H10N4O.ClH/c1-5(8)7(12)11-6-4-9-2-3-10-6;/h2-5H,8H2,1H3,(H,10,11,12);1H. The van der Waals surface area contributed by atoms with Gasteiger partial charge in [0.2, 0.25) is 5.91 Å². The van der Waals surface area contributed by atoms with Crippen LogP contribution in [0.3, 0.4) is 0 Å². The van der Waals surface area contributed by atoms with Crippen LogP contribution in [0.1, 0.15) is 6.92 Å². The lowest BCUT2D eigenvalue weighted by Crippen LogP contribution is -2.32. The van der Waals surface area contributed by atoms with E-state index in [0.717, 1.165) is 0 Å². The van der Waals surface area contributed by atoms with Crippen molar-refractivity contribution in [3.8, 4) is 0 Å². The molecule has 1 amide bonds. The van der Waals surface area contributed by atoms with Crippen molar-refractivity contribution in [2.45, 2.75) is 13.0 Å². The molecule has 1 unspecified atom stereocenters. The lowest BCUT2D eigenvalue weighted by Gasteiger charge is -2.04. The fraction of sp³-hybridized carbons (Fsp3) is 0.286. The summed E-state index contributed by atoms with van der Waals surface area (Å²) in [4.78, 5) is 18.6. The molecule has 5 nitrogen and oxygen atoms in total. The Morgan fingerprint density at radius 1 is 1.62 bits per heavy atom.